The van der Waals surface area contributed by atoms with E-state index in [-0.39, 0.29) is 5.97 Å². The highest BCUT2D eigenvalue weighted by Gasteiger charge is 2.01. The van der Waals surface area contributed by atoms with Gasteiger partial charge in [-0.25, -0.2) is 0 Å². The van der Waals surface area contributed by atoms with Crippen LogP contribution in [0, 0.1) is 0 Å². The topological polar surface area (TPSA) is 47.6 Å². The predicted octanol–water partition coefficient (Wildman–Crippen LogP) is 3.30. The minimum Gasteiger partial charge on any atom is -0.494 e. The number of unbranched alkanes of at least 4 members (excludes halogenated alkanes) is 2. The summed E-state index contributed by atoms with van der Waals surface area (Å²) >= 11 is 0. The molecule has 1 aromatic rings. The van der Waals surface area contributed by atoms with Gasteiger partial charge in [0.1, 0.15) is 5.75 Å². The molecule has 1 rings (SSSR count). The fourth-order valence-corrected chi connectivity index (χ4v) is 1.94. The average molecular weight is 293 g/mol. The number of esters is 1. The van der Waals surface area contributed by atoms with Crippen molar-refractivity contribution < 1.29 is 14.3 Å². The van der Waals surface area contributed by atoms with Gasteiger partial charge in [-0.15, -0.1) is 0 Å². The number of hydrogen-bond donors (Lipinski definition) is 1. The fourth-order valence-electron chi connectivity index (χ4n) is 1.94. The molecule has 0 unspecified atom stereocenters. The summed E-state index contributed by atoms with van der Waals surface area (Å²) in [6, 6.07) is 8.17. The lowest BCUT2D eigenvalue weighted by Gasteiger charge is -2.07. The first-order valence-corrected chi connectivity index (χ1v) is 7.84. The Bertz CT molecular complexity index is 390. The zero-order valence-electron chi connectivity index (χ0n) is 13.2. The first kappa shape index (κ1) is 17.5. The van der Waals surface area contributed by atoms with Crippen molar-refractivity contribution in [3.8, 4) is 5.75 Å². The van der Waals surface area contributed by atoms with Gasteiger partial charge in [0.15, 0.2) is 0 Å². The molecule has 0 saturated carbocycles. The summed E-state index contributed by atoms with van der Waals surface area (Å²) in [6.07, 6.45) is 3.31. The SMILES string of the molecule is CCNCc1ccc(OCCCCCC(=O)OCC)cc1. The molecule has 1 N–H and O–H groups in total. The van der Waals surface area contributed by atoms with Crippen LogP contribution in [0.3, 0.4) is 0 Å². The number of hydrogen-bond acceptors (Lipinski definition) is 4. The van der Waals surface area contributed by atoms with Crippen LogP contribution >= 0.6 is 0 Å². The van der Waals surface area contributed by atoms with E-state index in [0.717, 1.165) is 38.1 Å². The maximum Gasteiger partial charge on any atom is 0.305 e. The quantitative estimate of drug-likeness (QED) is 0.502. The first-order valence-electron chi connectivity index (χ1n) is 7.84. The lowest BCUT2D eigenvalue weighted by molar-refractivity contribution is -0.143. The van der Waals surface area contributed by atoms with E-state index < -0.39 is 0 Å². The van der Waals surface area contributed by atoms with Gasteiger partial charge in [-0.1, -0.05) is 19.1 Å². The Kier molecular flexibility index (Phi) is 9.29. The van der Waals surface area contributed by atoms with Crippen molar-refractivity contribution in [2.24, 2.45) is 0 Å². The monoisotopic (exact) mass is 293 g/mol. The Labute approximate surface area is 127 Å². The molecule has 1 aromatic carbocycles. The van der Waals surface area contributed by atoms with Crippen molar-refractivity contribution >= 4 is 5.97 Å². The van der Waals surface area contributed by atoms with Gasteiger partial charge < -0.3 is 14.8 Å². The molecule has 0 bridgehead atoms. The third kappa shape index (κ3) is 8.35. The predicted molar refractivity (Wildman–Crippen MR) is 84.4 cm³/mol. The van der Waals surface area contributed by atoms with Gasteiger partial charge in [0.2, 0.25) is 0 Å². The van der Waals surface area contributed by atoms with Crippen molar-refractivity contribution in [3.63, 3.8) is 0 Å². The van der Waals surface area contributed by atoms with Crippen molar-refractivity contribution in [1.29, 1.82) is 0 Å². The second-order valence-corrected chi connectivity index (χ2v) is 4.89. The number of ether oxygens (including phenoxy) is 2. The maximum atomic E-state index is 11.1. The van der Waals surface area contributed by atoms with Crippen LogP contribution in [0.25, 0.3) is 0 Å². The lowest BCUT2D eigenvalue weighted by Crippen LogP contribution is -2.11. The van der Waals surface area contributed by atoms with Crippen molar-refractivity contribution in [2.75, 3.05) is 19.8 Å². The molecule has 0 fully saturated rings. The molecular weight excluding hydrogens is 266 g/mol. The summed E-state index contributed by atoms with van der Waals surface area (Å²) in [5.41, 5.74) is 1.26. The lowest BCUT2D eigenvalue weighted by atomic mass is 10.2. The Hall–Kier alpha value is -1.55. The molecule has 0 radical (unpaired) electrons. The molecular formula is C17H27NO3. The van der Waals surface area contributed by atoms with E-state index in [1.54, 1.807) is 0 Å². The highest BCUT2D eigenvalue weighted by Crippen LogP contribution is 2.13. The van der Waals surface area contributed by atoms with Gasteiger partial charge in [0, 0.05) is 13.0 Å². The largest absolute Gasteiger partial charge is 0.494 e. The van der Waals surface area contributed by atoms with E-state index in [4.69, 9.17) is 9.47 Å². The summed E-state index contributed by atoms with van der Waals surface area (Å²) in [4.78, 5) is 11.1. The third-order valence-electron chi connectivity index (χ3n) is 3.10. The Balaban J connectivity index is 2.08. The van der Waals surface area contributed by atoms with E-state index in [0.29, 0.717) is 19.6 Å². The standard InChI is InChI=1S/C17H27NO3/c1-3-18-14-15-9-11-16(12-10-15)21-13-7-5-6-8-17(19)20-4-2/h9-12,18H,3-8,13-14H2,1-2H3. The minimum absolute atomic E-state index is 0.102. The number of benzene rings is 1. The van der Waals surface area contributed by atoms with Gasteiger partial charge >= 0.3 is 5.97 Å². The molecule has 21 heavy (non-hydrogen) atoms. The van der Waals surface area contributed by atoms with E-state index >= 15 is 0 Å². The van der Waals surface area contributed by atoms with Crippen molar-refractivity contribution in [1.82, 2.24) is 5.32 Å². The second-order valence-electron chi connectivity index (χ2n) is 4.89. The molecule has 0 spiro atoms. The van der Waals surface area contributed by atoms with E-state index in [2.05, 4.69) is 24.4 Å². The molecule has 4 nitrogen and oxygen atoms in total. The van der Waals surface area contributed by atoms with Crippen LogP contribution in [-0.2, 0) is 16.1 Å². The van der Waals surface area contributed by atoms with E-state index in [9.17, 15) is 4.79 Å². The van der Waals surface area contributed by atoms with Gasteiger partial charge in [-0.2, -0.15) is 0 Å². The van der Waals surface area contributed by atoms with E-state index in [1.807, 2.05) is 19.1 Å². The summed E-state index contributed by atoms with van der Waals surface area (Å²) in [6.45, 7) is 6.95. The third-order valence-corrected chi connectivity index (χ3v) is 3.10. The van der Waals surface area contributed by atoms with Crippen LogP contribution < -0.4 is 10.1 Å². The Morgan fingerprint density at radius 1 is 1.10 bits per heavy atom. The molecule has 0 heterocycles. The smallest absolute Gasteiger partial charge is 0.305 e. The van der Waals surface area contributed by atoms with Gasteiger partial charge in [-0.3, -0.25) is 4.79 Å². The first-order chi connectivity index (χ1) is 10.3. The van der Waals surface area contributed by atoms with Crippen LogP contribution in [0.4, 0.5) is 0 Å². The summed E-state index contributed by atoms with van der Waals surface area (Å²) < 4.78 is 10.6. The number of carbonyl (C=O) groups excluding carboxylic acids is 1. The number of nitrogens with one attached hydrogen (secondary N) is 1. The fraction of sp³-hybridized carbons (Fsp3) is 0.588. The highest BCUT2D eigenvalue weighted by molar-refractivity contribution is 5.69. The Morgan fingerprint density at radius 2 is 1.86 bits per heavy atom. The molecule has 0 aliphatic carbocycles. The van der Waals surface area contributed by atoms with Crippen LogP contribution in [0.5, 0.6) is 5.75 Å². The normalized spacial score (nSPS) is 10.4. The summed E-state index contributed by atoms with van der Waals surface area (Å²) in [5.74, 6) is 0.801. The zero-order valence-corrected chi connectivity index (χ0v) is 13.2. The van der Waals surface area contributed by atoms with Gasteiger partial charge in [0.25, 0.3) is 0 Å². The zero-order chi connectivity index (χ0) is 15.3. The van der Waals surface area contributed by atoms with Crippen LogP contribution in [0.15, 0.2) is 24.3 Å². The molecule has 0 saturated heterocycles. The minimum atomic E-state index is -0.102. The van der Waals surface area contributed by atoms with Gasteiger partial charge in [-0.05, 0) is 50.4 Å². The van der Waals surface area contributed by atoms with Gasteiger partial charge in [0.05, 0.1) is 13.2 Å². The van der Waals surface area contributed by atoms with Crippen molar-refractivity contribution in [3.05, 3.63) is 29.8 Å². The van der Waals surface area contributed by atoms with Crippen LogP contribution in [0.1, 0.15) is 45.1 Å². The van der Waals surface area contributed by atoms with E-state index in [1.165, 1.54) is 5.56 Å². The van der Waals surface area contributed by atoms with Crippen molar-refractivity contribution in [2.45, 2.75) is 46.1 Å². The van der Waals surface area contributed by atoms with Crippen LogP contribution in [0.2, 0.25) is 0 Å². The molecule has 0 aromatic heterocycles. The number of rotatable bonds is 11. The average Bonchev–Trinajstić information content (AvgIpc) is 2.50. The molecule has 0 atom stereocenters. The number of carbonyl (C=O) groups is 1. The summed E-state index contributed by atoms with van der Waals surface area (Å²) in [5, 5.41) is 3.29. The molecule has 0 amide bonds. The summed E-state index contributed by atoms with van der Waals surface area (Å²) in [7, 11) is 0. The maximum absolute atomic E-state index is 11.1. The van der Waals surface area contributed by atoms with Crippen LogP contribution in [-0.4, -0.2) is 25.7 Å². The molecule has 4 heteroatoms. The Morgan fingerprint density at radius 3 is 2.52 bits per heavy atom. The second kappa shape index (κ2) is 11.1. The molecule has 0 aliphatic rings. The molecule has 0 aliphatic heterocycles. The molecule has 118 valence electrons. The highest BCUT2D eigenvalue weighted by atomic mass is 16.5.